The smallest absolute Gasteiger partial charge is 0.248 e. The van der Waals surface area contributed by atoms with Gasteiger partial charge in [-0.15, -0.1) is 0 Å². The molecule has 0 spiro atoms. The minimum absolute atomic E-state index is 0.0570. The molecule has 2 N–H and O–H groups in total. The van der Waals surface area contributed by atoms with Crippen molar-refractivity contribution >= 4 is 5.91 Å². The summed E-state index contributed by atoms with van der Waals surface area (Å²) < 4.78 is 24.7. The summed E-state index contributed by atoms with van der Waals surface area (Å²) in [4.78, 5) is 14.4. The Balaban J connectivity index is 1.22. The third-order valence-electron chi connectivity index (χ3n) is 7.55. The van der Waals surface area contributed by atoms with Crippen molar-refractivity contribution in [3.8, 4) is 17.6 Å². The molecule has 0 bridgehead atoms. The van der Waals surface area contributed by atoms with Crippen molar-refractivity contribution in [2.45, 2.75) is 57.0 Å². The molecule has 2 aromatic carbocycles. The first kappa shape index (κ1) is 25.0. The van der Waals surface area contributed by atoms with Gasteiger partial charge in [-0.2, -0.15) is 5.26 Å². The maximum Gasteiger partial charge on any atom is 0.248 e. The van der Waals surface area contributed by atoms with E-state index in [0.717, 1.165) is 69.5 Å². The van der Waals surface area contributed by atoms with Crippen LogP contribution in [0.5, 0.6) is 11.5 Å². The van der Waals surface area contributed by atoms with Gasteiger partial charge in [-0.3, -0.25) is 4.79 Å². The number of rotatable bonds is 8. The number of nitriles is 1. The zero-order valence-electron chi connectivity index (χ0n) is 20.3. The number of likely N-dealkylation sites (tertiary alicyclic amines) is 1. The largest absolute Gasteiger partial charge is 0.497 e. The highest BCUT2D eigenvalue weighted by Crippen LogP contribution is 2.39. The molecule has 0 aromatic heterocycles. The van der Waals surface area contributed by atoms with Crippen molar-refractivity contribution in [1.29, 1.82) is 5.26 Å². The lowest BCUT2D eigenvalue weighted by Crippen LogP contribution is -2.39. The molecule has 0 unspecified atom stereocenters. The van der Waals surface area contributed by atoms with Gasteiger partial charge in [0.2, 0.25) is 5.91 Å². The summed E-state index contributed by atoms with van der Waals surface area (Å²) in [6.07, 6.45) is 7.47. The molecule has 2 aromatic rings. The minimum atomic E-state index is -0.422. The minimum Gasteiger partial charge on any atom is -0.497 e. The van der Waals surface area contributed by atoms with Crippen LogP contribution in [0.3, 0.4) is 0 Å². The molecule has 2 fully saturated rings. The number of nitrogens with two attached hydrogens (primary N) is 1. The zero-order valence-corrected chi connectivity index (χ0v) is 20.3. The van der Waals surface area contributed by atoms with Gasteiger partial charge in [0.05, 0.1) is 12.7 Å². The number of hydrogen-bond donors (Lipinski definition) is 1. The molecule has 1 amide bonds. The van der Waals surface area contributed by atoms with E-state index in [1.165, 1.54) is 18.6 Å². The Morgan fingerprint density at radius 1 is 1.11 bits per heavy atom. The van der Waals surface area contributed by atoms with Gasteiger partial charge in [-0.1, -0.05) is 0 Å². The fourth-order valence-electron chi connectivity index (χ4n) is 5.48. The Morgan fingerprint density at radius 3 is 2.51 bits per heavy atom. The van der Waals surface area contributed by atoms with Crippen molar-refractivity contribution in [1.82, 2.24) is 4.90 Å². The third kappa shape index (κ3) is 6.32. The Kier molecular flexibility index (Phi) is 8.25. The Bertz CT molecular complexity index is 1070. The predicted molar refractivity (Wildman–Crippen MR) is 132 cm³/mol. The lowest BCUT2D eigenvalue weighted by molar-refractivity contribution is 0.0949. The van der Waals surface area contributed by atoms with Crippen molar-refractivity contribution < 1.29 is 18.7 Å². The summed E-state index contributed by atoms with van der Waals surface area (Å²) in [5.74, 6) is 1.49. The van der Waals surface area contributed by atoms with E-state index >= 15 is 0 Å². The molecule has 7 heteroatoms. The van der Waals surface area contributed by atoms with E-state index in [2.05, 4.69) is 4.90 Å². The molecule has 0 atom stereocenters. The fourth-order valence-corrected chi connectivity index (χ4v) is 5.48. The van der Waals surface area contributed by atoms with Gasteiger partial charge >= 0.3 is 0 Å². The molecule has 6 nitrogen and oxygen atoms in total. The summed E-state index contributed by atoms with van der Waals surface area (Å²) in [7, 11) is 1.64. The maximum absolute atomic E-state index is 13.4. The van der Waals surface area contributed by atoms with E-state index in [1.54, 1.807) is 25.3 Å². The maximum atomic E-state index is 13.4. The van der Waals surface area contributed by atoms with Crippen molar-refractivity contribution in [3.63, 3.8) is 0 Å². The van der Waals surface area contributed by atoms with Gasteiger partial charge in [0, 0.05) is 18.7 Å². The van der Waals surface area contributed by atoms with Crippen LogP contribution in [0.15, 0.2) is 36.4 Å². The van der Waals surface area contributed by atoms with E-state index in [9.17, 15) is 14.4 Å². The molecule has 0 radical (unpaired) electrons. The number of hydrogen-bond acceptors (Lipinski definition) is 5. The summed E-state index contributed by atoms with van der Waals surface area (Å²) in [6, 6.07) is 11.7. The van der Waals surface area contributed by atoms with Gasteiger partial charge in [-0.05, 0) is 105 Å². The first-order chi connectivity index (χ1) is 17.0. The summed E-state index contributed by atoms with van der Waals surface area (Å²) in [6.45, 7) is 3.01. The lowest BCUT2D eigenvalue weighted by atomic mass is 9.76. The number of carbonyl (C=O) groups excluding carboxylic acids is 1. The number of benzene rings is 2. The molecular weight excluding hydrogens is 445 g/mol. The van der Waals surface area contributed by atoms with Crippen molar-refractivity contribution in [2.24, 2.45) is 11.7 Å². The van der Waals surface area contributed by atoms with Crippen LogP contribution in [-0.2, 0) is 0 Å². The fraction of sp³-hybridized carbons (Fsp3) is 0.500. The van der Waals surface area contributed by atoms with Crippen LogP contribution in [0.1, 0.15) is 72.3 Å². The van der Waals surface area contributed by atoms with Gasteiger partial charge in [0.15, 0.2) is 0 Å². The zero-order chi connectivity index (χ0) is 24.8. The molecule has 1 aliphatic heterocycles. The quantitative estimate of drug-likeness (QED) is 0.575. The Labute approximate surface area is 206 Å². The number of amides is 1. The second-order valence-electron chi connectivity index (χ2n) is 9.73. The third-order valence-corrected chi connectivity index (χ3v) is 7.55. The van der Waals surface area contributed by atoms with Crippen LogP contribution in [0.25, 0.3) is 0 Å². The number of nitrogens with zero attached hydrogens (tertiary/aromatic N) is 2. The summed E-state index contributed by atoms with van der Waals surface area (Å²) in [5, 5.41) is 9.22. The van der Waals surface area contributed by atoms with Crippen LogP contribution < -0.4 is 15.2 Å². The van der Waals surface area contributed by atoms with Crippen LogP contribution >= 0.6 is 0 Å². The molecule has 1 heterocycles. The first-order valence-electron chi connectivity index (χ1n) is 12.5. The van der Waals surface area contributed by atoms with E-state index in [0.29, 0.717) is 23.1 Å². The monoisotopic (exact) mass is 479 g/mol. The second kappa shape index (κ2) is 11.5. The van der Waals surface area contributed by atoms with Gasteiger partial charge in [-0.25, -0.2) is 4.39 Å². The van der Waals surface area contributed by atoms with Gasteiger partial charge < -0.3 is 20.1 Å². The number of halogens is 1. The number of carbonyl (C=O) groups is 1. The number of piperidine rings is 1. The average Bonchev–Trinajstić information content (AvgIpc) is 2.89. The molecular formula is C28H34FN3O3. The van der Waals surface area contributed by atoms with Crippen LogP contribution in [0.2, 0.25) is 0 Å². The molecule has 35 heavy (non-hydrogen) atoms. The van der Waals surface area contributed by atoms with E-state index in [4.69, 9.17) is 15.2 Å². The highest BCUT2D eigenvalue weighted by molar-refractivity contribution is 5.94. The van der Waals surface area contributed by atoms with E-state index < -0.39 is 5.82 Å². The average molecular weight is 480 g/mol. The molecule has 1 aliphatic carbocycles. The lowest BCUT2D eigenvalue weighted by Gasteiger charge is -2.34. The summed E-state index contributed by atoms with van der Waals surface area (Å²) in [5.41, 5.74) is 7.51. The number of primary amides is 1. The SMILES string of the molecule is COc1ccc(C(N)=O)c(C2CCC(CCN3CCC(Oc4ccc(F)cc4C#N)CC3)CC2)c1. The standard InChI is InChI=1S/C28H34FN3O3/c1-34-24-7-8-25(28(31)33)26(17-24)20-4-2-19(3-5-20)10-13-32-14-11-23(12-15-32)35-27-9-6-22(29)16-21(27)18-30/h6-9,16-17,19-20,23H,2-5,10-15H2,1H3,(H2,31,33). The van der Waals surface area contributed by atoms with E-state index in [1.807, 2.05) is 12.1 Å². The molecule has 2 aliphatic rings. The normalized spacial score (nSPS) is 21.3. The first-order valence-corrected chi connectivity index (χ1v) is 12.5. The van der Waals surface area contributed by atoms with Crippen molar-refractivity contribution in [3.05, 3.63) is 58.9 Å². The Morgan fingerprint density at radius 2 is 1.86 bits per heavy atom. The molecule has 4 rings (SSSR count). The predicted octanol–water partition coefficient (Wildman–Crippen LogP) is 5.01. The van der Waals surface area contributed by atoms with Crippen LogP contribution in [0.4, 0.5) is 4.39 Å². The van der Waals surface area contributed by atoms with Gasteiger partial charge in [0.25, 0.3) is 0 Å². The highest BCUT2D eigenvalue weighted by Gasteiger charge is 2.27. The van der Waals surface area contributed by atoms with Crippen LogP contribution in [-0.4, -0.2) is 43.7 Å². The Hall–Kier alpha value is -3.11. The topological polar surface area (TPSA) is 88.6 Å². The molecule has 1 saturated heterocycles. The second-order valence-corrected chi connectivity index (χ2v) is 9.73. The van der Waals surface area contributed by atoms with Crippen molar-refractivity contribution in [2.75, 3.05) is 26.7 Å². The summed E-state index contributed by atoms with van der Waals surface area (Å²) >= 11 is 0. The van der Waals surface area contributed by atoms with Crippen LogP contribution in [0, 0.1) is 23.1 Å². The highest BCUT2D eigenvalue weighted by atomic mass is 19.1. The van der Waals surface area contributed by atoms with Gasteiger partial charge in [0.1, 0.15) is 29.5 Å². The van der Waals surface area contributed by atoms with E-state index in [-0.39, 0.29) is 17.6 Å². The molecule has 1 saturated carbocycles. The molecule has 186 valence electrons. The number of ether oxygens (including phenoxy) is 2. The number of methoxy groups -OCH3 is 1.